The van der Waals surface area contributed by atoms with E-state index in [1.165, 1.54) is 11.0 Å². The summed E-state index contributed by atoms with van der Waals surface area (Å²) in [4.78, 5) is 5.79. The number of nitrogens with two attached hydrogens (primary N) is 1. The zero-order valence-electron chi connectivity index (χ0n) is 13.0. The molecule has 0 radical (unpaired) electrons. The van der Waals surface area contributed by atoms with Crippen molar-refractivity contribution >= 4 is 33.3 Å². The molecule has 0 saturated carbocycles. The third-order valence-corrected chi connectivity index (χ3v) is 3.89. The van der Waals surface area contributed by atoms with Crippen LogP contribution in [0.3, 0.4) is 0 Å². The Bertz CT molecular complexity index is 729. The first-order valence-corrected chi connectivity index (χ1v) is 8.34. The first-order valence-electron chi connectivity index (χ1n) is 7.22. The summed E-state index contributed by atoms with van der Waals surface area (Å²) in [6.45, 7) is 0. The third-order valence-electron chi connectivity index (χ3n) is 3.49. The maximum atomic E-state index is 12.8. The highest BCUT2D eigenvalue weighted by molar-refractivity contribution is 9.09. The largest absolute Gasteiger partial charge is 0.416 e. The normalized spacial score (nSPS) is 12.3. The lowest BCUT2D eigenvalue weighted by Crippen LogP contribution is -2.33. The summed E-state index contributed by atoms with van der Waals surface area (Å²) in [5.74, 6) is 0.122. The van der Waals surface area contributed by atoms with Gasteiger partial charge >= 0.3 is 6.18 Å². The Morgan fingerprint density at radius 1 is 1.17 bits per heavy atom. The number of guanidine groups is 1. The van der Waals surface area contributed by atoms with Crippen molar-refractivity contribution in [2.24, 2.45) is 10.7 Å². The van der Waals surface area contributed by atoms with Crippen LogP contribution < -0.4 is 10.6 Å². The van der Waals surface area contributed by atoms with Gasteiger partial charge in [0.25, 0.3) is 0 Å². The van der Waals surface area contributed by atoms with Crippen molar-refractivity contribution in [1.29, 1.82) is 0 Å². The molecule has 0 aromatic heterocycles. The molecule has 128 valence electrons. The van der Waals surface area contributed by atoms with Gasteiger partial charge in [0.15, 0.2) is 0 Å². The van der Waals surface area contributed by atoms with Gasteiger partial charge in [-0.25, -0.2) is 4.99 Å². The summed E-state index contributed by atoms with van der Waals surface area (Å²) in [5.41, 5.74) is 7.30. The van der Waals surface area contributed by atoms with E-state index in [2.05, 4.69) is 20.9 Å². The number of nitrogens with zero attached hydrogens (tertiary/aromatic N) is 2. The number of anilines is 1. The molecule has 0 spiro atoms. The summed E-state index contributed by atoms with van der Waals surface area (Å²) < 4.78 is 38.5. The van der Waals surface area contributed by atoms with Gasteiger partial charge in [-0.15, -0.1) is 0 Å². The SMILES string of the molecule is CN(C(N)=Nc1ccccc1CCBr)c1cccc(C(F)(F)F)c1. The van der Waals surface area contributed by atoms with Gasteiger partial charge in [-0.1, -0.05) is 40.2 Å². The number of alkyl halides is 4. The van der Waals surface area contributed by atoms with Crippen LogP contribution in [0.15, 0.2) is 53.5 Å². The standard InChI is InChI=1S/C17H17BrF3N3/c1-24(14-7-4-6-13(11-14)17(19,20)21)16(22)23-15-8-3-2-5-12(15)9-10-18/h2-8,11H,9-10H2,1H3,(H2,22,23). The van der Waals surface area contributed by atoms with Crippen LogP contribution in [-0.4, -0.2) is 18.3 Å². The Kier molecular flexibility index (Phi) is 5.88. The Hall–Kier alpha value is -2.02. The van der Waals surface area contributed by atoms with Crippen LogP contribution in [0.2, 0.25) is 0 Å². The van der Waals surface area contributed by atoms with Crippen LogP contribution in [0, 0.1) is 0 Å². The molecule has 24 heavy (non-hydrogen) atoms. The Balaban J connectivity index is 2.31. The number of halogens is 4. The predicted octanol–water partition coefficient (Wildman–Crippen LogP) is 4.73. The van der Waals surface area contributed by atoms with E-state index >= 15 is 0 Å². The number of para-hydroxylation sites is 1. The maximum Gasteiger partial charge on any atom is 0.416 e. The second kappa shape index (κ2) is 7.70. The molecule has 2 rings (SSSR count). The lowest BCUT2D eigenvalue weighted by molar-refractivity contribution is -0.137. The highest BCUT2D eigenvalue weighted by Gasteiger charge is 2.30. The third kappa shape index (κ3) is 4.50. The summed E-state index contributed by atoms with van der Waals surface area (Å²) in [6, 6.07) is 12.5. The van der Waals surface area contributed by atoms with Crippen molar-refractivity contribution in [3.63, 3.8) is 0 Å². The minimum Gasteiger partial charge on any atom is -0.369 e. The molecule has 0 saturated heterocycles. The van der Waals surface area contributed by atoms with Crippen molar-refractivity contribution < 1.29 is 13.2 Å². The topological polar surface area (TPSA) is 41.6 Å². The van der Waals surface area contributed by atoms with E-state index in [0.717, 1.165) is 29.4 Å². The molecular formula is C17H17BrF3N3. The number of rotatable bonds is 4. The van der Waals surface area contributed by atoms with Gasteiger partial charge in [0.1, 0.15) is 0 Å². The van der Waals surface area contributed by atoms with Crippen LogP contribution >= 0.6 is 15.9 Å². The Morgan fingerprint density at radius 3 is 2.54 bits per heavy atom. The maximum absolute atomic E-state index is 12.8. The van der Waals surface area contributed by atoms with Gasteiger partial charge in [-0.2, -0.15) is 13.2 Å². The lowest BCUT2D eigenvalue weighted by atomic mass is 10.1. The van der Waals surface area contributed by atoms with Crippen LogP contribution in [0.4, 0.5) is 24.5 Å². The van der Waals surface area contributed by atoms with Gasteiger partial charge in [0.2, 0.25) is 5.96 Å². The number of hydrogen-bond acceptors (Lipinski definition) is 1. The number of aryl methyl sites for hydroxylation is 1. The molecule has 2 N–H and O–H groups in total. The van der Waals surface area contributed by atoms with Gasteiger partial charge in [0.05, 0.1) is 11.3 Å². The fraction of sp³-hybridized carbons (Fsp3) is 0.235. The van der Waals surface area contributed by atoms with E-state index < -0.39 is 11.7 Å². The highest BCUT2D eigenvalue weighted by Crippen LogP contribution is 2.31. The fourth-order valence-electron chi connectivity index (χ4n) is 2.15. The first-order chi connectivity index (χ1) is 11.3. The van der Waals surface area contributed by atoms with E-state index in [4.69, 9.17) is 5.73 Å². The van der Waals surface area contributed by atoms with Crippen LogP contribution in [0.1, 0.15) is 11.1 Å². The fourth-order valence-corrected chi connectivity index (χ4v) is 2.58. The van der Waals surface area contributed by atoms with E-state index in [1.54, 1.807) is 13.1 Å². The lowest BCUT2D eigenvalue weighted by Gasteiger charge is -2.20. The van der Waals surface area contributed by atoms with Crippen molar-refractivity contribution in [3.8, 4) is 0 Å². The summed E-state index contributed by atoms with van der Waals surface area (Å²) in [5, 5.41) is 0.781. The minimum atomic E-state index is -4.40. The molecule has 0 amide bonds. The quantitative estimate of drug-likeness (QED) is 0.458. The molecule has 2 aromatic carbocycles. The second-order valence-corrected chi connectivity index (χ2v) is 5.94. The molecular weight excluding hydrogens is 383 g/mol. The zero-order valence-corrected chi connectivity index (χ0v) is 14.6. The molecule has 0 fully saturated rings. The van der Waals surface area contributed by atoms with E-state index in [0.29, 0.717) is 11.4 Å². The molecule has 0 aliphatic heterocycles. The second-order valence-electron chi connectivity index (χ2n) is 5.14. The predicted molar refractivity (Wildman–Crippen MR) is 95.1 cm³/mol. The van der Waals surface area contributed by atoms with Crippen LogP contribution in [-0.2, 0) is 12.6 Å². The van der Waals surface area contributed by atoms with Crippen molar-refractivity contribution in [3.05, 3.63) is 59.7 Å². The van der Waals surface area contributed by atoms with Crippen LogP contribution in [0.25, 0.3) is 0 Å². The van der Waals surface area contributed by atoms with Crippen molar-refractivity contribution in [2.45, 2.75) is 12.6 Å². The molecule has 3 nitrogen and oxygen atoms in total. The van der Waals surface area contributed by atoms with E-state index in [-0.39, 0.29) is 5.96 Å². The Labute approximate surface area is 147 Å². The van der Waals surface area contributed by atoms with Gasteiger partial charge in [-0.05, 0) is 36.2 Å². The van der Waals surface area contributed by atoms with Gasteiger partial charge in [-0.3, -0.25) is 0 Å². The number of benzene rings is 2. The molecule has 0 unspecified atom stereocenters. The molecule has 0 heterocycles. The molecule has 7 heteroatoms. The highest BCUT2D eigenvalue weighted by atomic mass is 79.9. The minimum absolute atomic E-state index is 0.122. The average Bonchev–Trinajstić information content (AvgIpc) is 2.55. The number of hydrogen-bond donors (Lipinski definition) is 1. The summed E-state index contributed by atoms with van der Waals surface area (Å²) in [7, 11) is 1.58. The van der Waals surface area contributed by atoms with Crippen LogP contribution in [0.5, 0.6) is 0 Å². The van der Waals surface area contributed by atoms with E-state index in [1.807, 2.05) is 24.3 Å². The van der Waals surface area contributed by atoms with E-state index in [9.17, 15) is 13.2 Å². The molecule has 0 atom stereocenters. The Morgan fingerprint density at radius 2 is 1.88 bits per heavy atom. The smallest absolute Gasteiger partial charge is 0.369 e. The molecule has 0 aliphatic rings. The molecule has 0 bridgehead atoms. The zero-order chi connectivity index (χ0) is 17.7. The summed E-state index contributed by atoms with van der Waals surface area (Å²) >= 11 is 3.38. The van der Waals surface area contributed by atoms with Gasteiger partial charge < -0.3 is 10.6 Å². The molecule has 2 aromatic rings. The molecule has 0 aliphatic carbocycles. The van der Waals surface area contributed by atoms with Crippen molar-refractivity contribution in [1.82, 2.24) is 0 Å². The first kappa shape index (κ1) is 18.3. The van der Waals surface area contributed by atoms with Gasteiger partial charge in [0, 0.05) is 18.1 Å². The number of aliphatic imine (C=N–C) groups is 1. The average molecular weight is 400 g/mol. The van der Waals surface area contributed by atoms with Crippen molar-refractivity contribution in [2.75, 3.05) is 17.3 Å². The summed E-state index contributed by atoms with van der Waals surface area (Å²) in [6.07, 6.45) is -3.62. The monoisotopic (exact) mass is 399 g/mol.